The van der Waals surface area contributed by atoms with Crippen molar-refractivity contribution in [1.82, 2.24) is 5.32 Å². The van der Waals surface area contributed by atoms with Crippen LogP contribution in [0.1, 0.15) is 5.56 Å². The van der Waals surface area contributed by atoms with Gasteiger partial charge in [0.05, 0.1) is 0 Å². The van der Waals surface area contributed by atoms with Crippen LogP contribution in [0.15, 0.2) is 36.4 Å². The summed E-state index contributed by atoms with van der Waals surface area (Å²) < 4.78 is 26.7. The zero-order chi connectivity index (χ0) is 13.1. The second-order valence-corrected chi connectivity index (χ2v) is 4.39. The van der Waals surface area contributed by atoms with Crippen LogP contribution in [-0.4, -0.2) is 7.05 Å². The minimum Gasteiger partial charge on any atom is -0.316 e. The highest BCUT2D eigenvalue weighted by atomic mass is 35.5. The van der Waals surface area contributed by atoms with Crippen LogP contribution in [0, 0.1) is 11.6 Å². The molecule has 0 aromatic heterocycles. The molecule has 0 atom stereocenters. The first-order chi connectivity index (χ1) is 8.61. The van der Waals surface area contributed by atoms with Crippen LogP contribution in [0.2, 0.25) is 5.02 Å². The number of rotatable bonds is 3. The van der Waals surface area contributed by atoms with E-state index < -0.39 is 11.6 Å². The monoisotopic (exact) mass is 267 g/mol. The average Bonchev–Trinajstić information content (AvgIpc) is 2.31. The van der Waals surface area contributed by atoms with E-state index in [0.29, 0.717) is 22.7 Å². The number of benzene rings is 2. The summed E-state index contributed by atoms with van der Waals surface area (Å²) in [7, 11) is 1.80. The van der Waals surface area contributed by atoms with Gasteiger partial charge in [0.2, 0.25) is 0 Å². The molecule has 18 heavy (non-hydrogen) atoms. The fraction of sp³-hybridized carbons (Fsp3) is 0.143. The van der Waals surface area contributed by atoms with Crippen LogP contribution < -0.4 is 5.32 Å². The van der Waals surface area contributed by atoms with Crippen molar-refractivity contribution < 1.29 is 8.78 Å². The minimum absolute atomic E-state index is 0.373. The Balaban J connectivity index is 2.55. The van der Waals surface area contributed by atoms with Gasteiger partial charge in [0.25, 0.3) is 0 Å². The van der Waals surface area contributed by atoms with Gasteiger partial charge in [0.1, 0.15) is 11.6 Å². The van der Waals surface area contributed by atoms with E-state index in [0.717, 1.165) is 11.6 Å². The lowest BCUT2D eigenvalue weighted by Gasteiger charge is -2.11. The molecule has 1 nitrogen and oxygen atoms in total. The molecule has 94 valence electrons. The molecule has 2 aromatic carbocycles. The molecule has 0 unspecified atom stereocenters. The highest BCUT2D eigenvalue weighted by Gasteiger charge is 2.10. The van der Waals surface area contributed by atoms with Crippen LogP contribution in [0.25, 0.3) is 11.1 Å². The fourth-order valence-corrected chi connectivity index (χ4v) is 2.06. The zero-order valence-corrected chi connectivity index (χ0v) is 10.6. The smallest absolute Gasteiger partial charge is 0.133 e. The Morgan fingerprint density at radius 2 is 1.78 bits per heavy atom. The summed E-state index contributed by atoms with van der Waals surface area (Å²) in [5, 5.41) is 3.59. The summed E-state index contributed by atoms with van der Waals surface area (Å²) in [6, 6.07) is 8.77. The molecule has 0 heterocycles. The third-order valence-corrected chi connectivity index (χ3v) is 2.89. The van der Waals surface area contributed by atoms with E-state index in [1.165, 1.54) is 12.1 Å². The molecule has 0 aliphatic rings. The maximum atomic E-state index is 13.8. The molecule has 2 aromatic rings. The lowest BCUT2D eigenvalue weighted by molar-refractivity contribution is 0.585. The third kappa shape index (κ3) is 2.68. The van der Waals surface area contributed by atoms with E-state index in [-0.39, 0.29) is 0 Å². The predicted molar refractivity (Wildman–Crippen MR) is 69.6 cm³/mol. The topological polar surface area (TPSA) is 12.0 Å². The van der Waals surface area contributed by atoms with Crippen LogP contribution in [0.3, 0.4) is 0 Å². The van der Waals surface area contributed by atoms with Gasteiger partial charge in [-0.3, -0.25) is 0 Å². The van der Waals surface area contributed by atoms with Crippen LogP contribution >= 0.6 is 11.6 Å². The van der Waals surface area contributed by atoms with Crippen molar-refractivity contribution in [2.75, 3.05) is 7.05 Å². The zero-order valence-electron chi connectivity index (χ0n) is 9.81. The molecule has 0 aliphatic carbocycles. The average molecular weight is 268 g/mol. The van der Waals surface area contributed by atoms with Gasteiger partial charge in [-0.05, 0) is 42.4 Å². The highest BCUT2D eigenvalue weighted by molar-refractivity contribution is 6.30. The van der Waals surface area contributed by atoms with Gasteiger partial charge < -0.3 is 5.32 Å². The van der Waals surface area contributed by atoms with Crippen molar-refractivity contribution in [3.63, 3.8) is 0 Å². The SMILES string of the molecule is CNCc1cc(Cl)ccc1-c1ccc(F)cc1F. The molecule has 0 radical (unpaired) electrons. The standard InChI is InChI=1S/C14H12ClF2N/c1-18-8-9-6-10(15)2-4-12(9)13-5-3-11(16)7-14(13)17/h2-7,18H,8H2,1H3. The minimum atomic E-state index is -0.583. The Morgan fingerprint density at radius 3 is 2.44 bits per heavy atom. The van der Waals surface area contributed by atoms with Crippen molar-refractivity contribution >= 4 is 11.6 Å². The summed E-state index contributed by atoms with van der Waals surface area (Å²) in [6.07, 6.45) is 0. The molecular formula is C14H12ClF2N. The molecule has 0 amide bonds. The summed E-state index contributed by atoms with van der Waals surface area (Å²) in [5.41, 5.74) is 1.96. The maximum absolute atomic E-state index is 13.8. The molecule has 0 bridgehead atoms. The summed E-state index contributed by atoms with van der Waals surface area (Å²) in [6.45, 7) is 0.562. The second-order valence-electron chi connectivity index (χ2n) is 3.96. The van der Waals surface area contributed by atoms with Gasteiger partial charge >= 0.3 is 0 Å². The van der Waals surface area contributed by atoms with E-state index >= 15 is 0 Å². The van der Waals surface area contributed by atoms with E-state index in [1.54, 1.807) is 25.2 Å². The van der Waals surface area contributed by atoms with Crippen LogP contribution in [0.5, 0.6) is 0 Å². The molecule has 0 saturated heterocycles. The van der Waals surface area contributed by atoms with Crippen molar-refractivity contribution in [3.05, 3.63) is 58.6 Å². The van der Waals surface area contributed by atoms with Gasteiger partial charge in [-0.1, -0.05) is 17.7 Å². The van der Waals surface area contributed by atoms with Gasteiger partial charge in [0.15, 0.2) is 0 Å². The molecule has 0 aliphatic heterocycles. The van der Waals surface area contributed by atoms with E-state index in [9.17, 15) is 8.78 Å². The molecule has 0 spiro atoms. The molecule has 1 N–H and O–H groups in total. The van der Waals surface area contributed by atoms with Crippen LogP contribution in [-0.2, 0) is 6.54 Å². The molecule has 0 saturated carbocycles. The third-order valence-electron chi connectivity index (χ3n) is 2.66. The van der Waals surface area contributed by atoms with Gasteiger partial charge in [0, 0.05) is 23.2 Å². The van der Waals surface area contributed by atoms with Crippen molar-refractivity contribution in [2.24, 2.45) is 0 Å². The first-order valence-corrected chi connectivity index (χ1v) is 5.88. The molecule has 0 fully saturated rings. The molecule has 4 heteroatoms. The van der Waals surface area contributed by atoms with Crippen molar-refractivity contribution in [2.45, 2.75) is 6.54 Å². The number of hydrogen-bond donors (Lipinski definition) is 1. The van der Waals surface area contributed by atoms with E-state index in [4.69, 9.17) is 11.6 Å². The molecular weight excluding hydrogens is 256 g/mol. The summed E-state index contributed by atoms with van der Waals surface area (Å²) >= 11 is 5.92. The maximum Gasteiger partial charge on any atom is 0.133 e. The highest BCUT2D eigenvalue weighted by Crippen LogP contribution is 2.29. The number of hydrogen-bond acceptors (Lipinski definition) is 1. The molecule has 2 rings (SSSR count). The quantitative estimate of drug-likeness (QED) is 0.886. The van der Waals surface area contributed by atoms with Gasteiger partial charge in [-0.25, -0.2) is 8.78 Å². The number of halogens is 3. The second kappa shape index (κ2) is 5.46. The van der Waals surface area contributed by atoms with Gasteiger partial charge in [-0.2, -0.15) is 0 Å². The lowest BCUT2D eigenvalue weighted by Crippen LogP contribution is -2.06. The van der Waals surface area contributed by atoms with E-state index in [1.807, 2.05) is 0 Å². The summed E-state index contributed by atoms with van der Waals surface area (Å²) in [4.78, 5) is 0. The Bertz CT molecular complexity index is 570. The Labute approximate surface area is 109 Å². The largest absolute Gasteiger partial charge is 0.316 e. The Morgan fingerprint density at radius 1 is 1.06 bits per heavy atom. The van der Waals surface area contributed by atoms with Crippen LogP contribution in [0.4, 0.5) is 8.78 Å². The van der Waals surface area contributed by atoms with Crippen molar-refractivity contribution in [3.8, 4) is 11.1 Å². The van der Waals surface area contributed by atoms with E-state index in [2.05, 4.69) is 5.32 Å². The first kappa shape index (κ1) is 13.0. The Kier molecular flexibility index (Phi) is 3.94. The lowest BCUT2D eigenvalue weighted by atomic mass is 9.99. The van der Waals surface area contributed by atoms with Gasteiger partial charge in [-0.15, -0.1) is 0 Å². The number of nitrogens with one attached hydrogen (secondary N) is 1. The normalized spacial score (nSPS) is 10.7. The first-order valence-electron chi connectivity index (χ1n) is 5.50. The van der Waals surface area contributed by atoms with Crippen molar-refractivity contribution in [1.29, 1.82) is 0 Å². The summed E-state index contributed by atoms with van der Waals surface area (Å²) in [5.74, 6) is -1.16. The fourth-order valence-electron chi connectivity index (χ4n) is 1.87. The predicted octanol–water partition coefficient (Wildman–Crippen LogP) is 4.00. The Hall–Kier alpha value is -1.45.